The molecule has 0 spiro atoms. The van der Waals surface area contributed by atoms with Gasteiger partial charge in [-0.15, -0.1) is 0 Å². The summed E-state index contributed by atoms with van der Waals surface area (Å²) in [5, 5.41) is 3.71. The van der Waals surface area contributed by atoms with E-state index in [1.165, 1.54) is 0 Å². The maximum atomic E-state index is 12.1. The van der Waals surface area contributed by atoms with E-state index in [0.717, 1.165) is 30.9 Å². The van der Waals surface area contributed by atoms with Gasteiger partial charge in [-0.1, -0.05) is 24.6 Å². The van der Waals surface area contributed by atoms with Crippen LogP contribution in [-0.4, -0.2) is 32.2 Å². The van der Waals surface area contributed by atoms with E-state index in [0.29, 0.717) is 24.2 Å². The van der Waals surface area contributed by atoms with E-state index < -0.39 is 0 Å². The number of nitrogens with one attached hydrogen (secondary N) is 1. The van der Waals surface area contributed by atoms with Crippen molar-refractivity contribution in [1.29, 1.82) is 0 Å². The number of hydrogen-bond donors (Lipinski definition) is 1. The summed E-state index contributed by atoms with van der Waals surface area (Å²) in [6.45, 7) is 5.08. The average molecular weight is 295 g/mol. The molecule has 108 valence electrons. The van der Waals surface area contributed by atoms with E-state index in [1.54, 1.807) is 0 Å². The van der Waals surface area contributed by atoms with Crippen molar-refractivity contribution in [2.45, 2.75) is 13.3 Å². The van der Waals surface area contributed by atoms with Crippen LogP contribution in [0.25, 0.3) is 0 Å². The van der Waals surface area contributed by atoms with Gasteiger partial charge in [-0.3, -0.25) is 4.79 Å². The third-order valence-corrected chi connectivity index (χ3v) is 4.32. The smallest absolute Gasteiger partial charge is 0.227 e. The van der Waals surface area contributed by atoms with E-state index in [4.69, 9.17) is 16.3 Å². The minimum atomic E-state index is 0.106. The molecule has 4 nitrogen and oxygen atoms in total. The summed E-state index contributed by atoms with van der Waals surface area (Å²) in [7, 11) is 0. The molecule has 1 aromatic carbocycles. The Morgan fingerprint density at radius 1 is 1.40 bits per heavy atom. The Morgan fingerprint density at radius 2 is 2.10 bits per heavy atom. The summed E-state index contributed by atoms with van der Waals surface area (Å²) >= 11 is 6.34. The average Bonchev–Trinajstić information content (AvgIpc) is 3.17. The molecule has 3 rings (SSSR count). The predicted octanol–water partition coefficient (Wildman–Crippen LogP) is 2.77. The van der Waals surface area contributed by atoms with Crippen molar-refractivity contribution in [2.24, 2.45) is 11.8 Å². The van der Waals surface area contributed by atoms with Crippen LogP contribution in [0, 0.1) is 11.8 Å². The number of carbonyl (C=O) groups excluding carboxylic acids is 1. The first-order chi connectivity index (χ1) is 9.66. The van der Waals surface area contributed by atoms with Crippen molar-refractivity contribution in [3.63, 3.8) is 0 Å². The van der Waals surface area contributed by atoms with Crippen LogP contribution in [0.1, 0.15) is 13.3 Å². The second kappa shape index (κ2) is 5.62. The summed E-state index contributed by atoms with van der Waals surface area (Å²) in [5.41, 5.74) is 1.72. The number of rotatable bonds is 3. The lowest BCUT2D eigenvalue weighted by atomic mass is 10.2. The van der Waals surface area contributed by atoms with Gasteiger partial charge < -0.3 is 15.0 Å². The highest BCUT2D eigenvalue weighted by atomic mass is 35.5. The molecule has 2 unspecified atom stereocenters. The third kappa shape index (κ3) is 2.76. The SMILES string of the molecule is CC1CC1C(=O)Nc1cccc(Cl)c1N1CCOCC1. The zero-order chi connectivity index (χ0) is 14.1. The van der Waals surface area contributed by atoms with Crippen LogP contribution in [0.4, 0.5) is 11.4 Å². The van der Waals surface area contributed by atoms with E-state index in [9.17, 15) is 4.79 Å². The molecule has 1 amide bonds. The molecule has 0 aromatic heterocycles. The van der Waals surface area contributed by atoms with E-state index >= 15 is 0 Å². The van der Waals surface area contributed by atoms with Crippen LogP contribution in [0.15, 0.2) is 18.2 Å². The Balaban J connectivity index is 1.82. The number of carbonyl (C=O) groups is 1. The minimum Gasteiger partial charge on any atom is -0.378 e. The molecule has 1 saturated carbocycles. The molecule has 0 bridgehead atoms. The van der Waals surface area contributed by atoms with Crippen LogP contribution in [-0.2, 0) is 9.53 Å². The van der Waals surface area contributed by atoms with Crippen LogP contribution in [0.5, 0.6) is 0 Å². The number of halogens is 1. The maximum Gasteiger partial charge on any atom is 0.227 e. The maximum absolute atomic E-state index is 12.1. The lowest BCUT2D eigenvalue weighted by Gasteiger charge is -2.31. The number of amides is 1. The van der Waals surface area contributed by atoms with Crippen molar-refractivity contribution in [1.82, 2.24) is 0 Å². The Labute approximate surface area is 124 Å². The molecule has 1 aromatic rings. The second-order valence-corrected chi connectivity index (χ2v) is 5.95. The normalized spacial score (nSPS) is 25.4. The molecule has 2 fully saturated rings. The summed E-state index contributed by atoms with van der Waals surface area (Å²) in [5.74, 6) is 0.766. The quantitative estimate of drug-likeness (QED) is 0.932. The predicted molar refractivity (Wildman–Crippen MR) is 80.4 cm³/mol. The highest BCUT2D eigenvalue weighted by molar-refractivity contribution is 6.34. The van der Waals surface area contributed by atoms with Crippen molar-refractivity contribution in [2.75, 3.05) is 36.5 Å². The fourth-order valence-electron chi connectivity index (χ4n) is 2.64. The second-order valence-electron chi connectivity index (χ2n) is 5.54. The molecule has 1 saturated heterocycles. The highest BCUT2D eigenvalue weighted by Crippen LogP contribution is 2.40. The largest absolute Gasteiger partial charge is 0.378 e. The molecule has 1 aliphatic heterocycles. The molecule has 0 radical (unpaired) electrons. The fourth-order valence-corrected chi connectivity index (χ4v) is 2.93. The number of benzene rings is 1. The number of anilines is 2. The molecular weight excluding hydrogens is 276 g/mol. The van der Waals surface area contributed by atoms with Crippen LogP contribution in [0.3, 0.4) is 0 Å². The summed E-state index contributed by atoms with van der Waals surface area (Å²) < 4.78 is 5.37. The van der Waals surface area contributed by atoms with Gasteiger partial charge in [0.2, 0.25) is 5.91 Å². The Bertz CT molecular complexity index is 515. The van der Waals surface area contributed by atoms with Crippen molar-refractivity contribution < 1.29 is 9.53 Å². The lowest BCUT2D eigenvalue weighted by Crippen LogP contribution is -2.37. The molecule has 1 heterocycles. The summed E-state index contributed by atoms with van der Waals surface area (Å²) in [6, 6.07) is 5.65. The Kier molecular flexibility index (Phi) is 3.85. The zero-order valence-corrected chi connectivity index (χ0v) is 12.3. The first-order valence-corrected chi connectivity index (χ1v) is 7.46. The van der Waals surface area contributed by atoms with Crippen LogP contribution in [0.2, 0.25) is 5.02 Å². The number of ether oxygens (including phenoxy) is 1. The zero-order valence-electron chi connectivity index (χ0n) is 11.6. The van der Waals surface area contributed by atoms with Gasteiger partial charge in [0.15, 0.2) is 0 Å². The standard InChI is InChI=1S/C15H19ClN2O2/c1-10-9-11(10)15(19)17-13-4-2-3-12(16)14(13)18-5-7-20-8-6-18/h2-4,10-11H,5-9H2,1H3,(H,17,19). The topological polar surface area (TPSA) is 41.6 Å². The minimum absolute atomic E-state index is 0.106. The first kappa shape index (κ1) is 13.7. The van der Waals surface area contributed by atoms with Gasteiger partial charge in [-0.2, -0.15) is 0 Å². The van der Waals surface area contributed by atoms with Gasteiger partial charge in [0.25, 0.3) is 0 Å². The van der Waals surface area contributed by atoms with Gasteiger partial charge in [0.05, 0.1) is 29.6 Å². The lowest BCUT2D eigenvalue weighted by molar-refractivity contribution is -0.117. The third-order valence-electron chi connectivity index (χ3n) is 4.02. The summed E-state index contributed by atoms with van der Waals surface area (Å²) in [6.07, 6.45) is 0.985. The van der Waals surface area contributed by atoms with Crippen LogP contribution < -0.4 is 10.2 Å². The van der Waals surface area contributed by atoms with Gasteiger partial charge >= 0.3 is 0 Å². The van der Waals surface area contributed by atoms with E-state index in [1.807, 2.05) is 18.2 Å². The molecule has 2 atom stereocenters. The number of nitrogens with zero attached hydrogens (tertiary/aromatic N) is 1. The number of morpholine rings is 1. The molecular formula is C15H19ClN2O2. The molecule has 1 N–H and O–H groups in total. The van der Waals surface area contributed by atoms with Crippen molar-refractivity contribution in [3.8, 4) is 0 Å². The van der Waals surface area contributed by atoms with E-state index in [-0.39, 0.29) is 11.8 Å². The summed E-state index contributed by atoms with van der Waals surface area (Å²) in [4.78, 5) is 14.3. The fraction of sp³-hybridized carbons (Fsp3) is 0.533. The first-order valence-electron chi connectivity index (χ1n) is 7.09. The number of hydrogen-bond acceptors (Lipinski definition) is 3. The number of para-hydroxylation sites is 1. The van der Waals surface area contributed by atoms with Crippen molar-refractivity contribution in [3.05, 3.63) is 23.2 Å². The highest BCUT2D eigenvalue weighted by Gasteiger charge is 2.39. The van der Waals surface area contributed by atoms with Crippen LogP contribution >= 0.6 is 11.6 Å². The molecule has 20 heavy (non-hydrogen) atoms. The van der Waals surface area contributed by atoms with E-state index in [2.05, 4.69) is 17.1 Å². The van der Waals surface area contributed by atoms with Gasteiger partial charge in [0, 0.05) is 19.0 Å². The van der Waals surface area contributed by atoms with Gasteiger partial charge in [-0.05, 0) is 24.5 Å². The Hall–Kier alpha value is -1.26. The monoisotopic (exact) mass is 294 g/mol. The van der Waals surface area contributed by atoms with Gasteiger partial charge in [0.1, 0.15) is 0 Å². The van der Waals surface area contributed by atoms with Crippen molar-refractivity contribution >= 4 is 28.9 Å². The molecule has 2 aliphatic rings. The molecule has 5 heteroatoms. The van der Waals surface area contributed by atoms with Gasteiger partial charge in [-0.25, -0.2) is 0 Å². The Morgan fingerprint density at radius 3 is 2.75 bits per heavy atom. The molecule has 1 aliphatic carbocycles.